The summed E-state index contributed by atoms with van der Waals surface area (Å²) in [4.78, 5) is 14.2. The number of hydrogen-bond donors (Lipinski definition) is 0. The Morgan fingerprint density at radius 2 is 2.10 bits per heavy atom. The van der Waals surface area contributed by atoms with Crippen LogP contribution in [0, 0.1) is 10.1 Å². The highest BCUT2D eigenvalue weighted by Gasteiger charge is 2.36. The topological polar surface area (TPSA) is 74.0 Å². The first kappa shape index (κ1) is 15.7. The lowest BCUT2D eigenvalue weighted by Crippen LogP contribution is -2.09. The molecule has 0 unspecified atom stereocenters. The van der Waals surface area contributed by atoms with E-state index in [9.17, 15) is 23.3 Å². The highest BCUT2D eigenvalue weighted by atomic mass is 19.4. The lowest BCUT2D eigenvalue weighted by atomic mass is 10.1. The largest absolute Gasteiger partial charge is 0.479 e. The lowest BCUT2D eigenvalue weighted by molar-refractivity contribution is -0.385. The molecule has 20 heavy (non-hydrogen) atoms. The van der Waals surface area contributed by atoms with E-state index in [0.717, 1.165) is 12.1 Å². The van der Waals surface area contributed by atoms with Crippen LogP contribution in [0.2, 0.25) is 0 Å². The van der Waals surface area contributed by atoms with Gasteiger partial charge in [0, 0.05) is 19.1 Å². The highest BCUT2D eigenvalue weighted by molar-refractivity contribution is 5.72. The van der Waals surface area contributed by atoms with Crippen LogP contribution in [0.5, 0.6) is 5.75 Å². The van der Waals surface area contributed by atoms with Crippen molar-refractivity contribution in [3.8, 4) is 5.75 Å². The molecule has 0 saturated heterocycles. The minimum absolute atomic E-state index is 0.0407. The van der Waals surface area contributed by atoms with Gasteiger partial charge in [-0.25, -0.2) is 0 Å². The Kier molecular flexibility index (Phi) is 4.89. The fourth-order valence-corrected chi connectivity index (χ4v) is 1.28. The van der Waals surface area contributed by atoms with Crippen molar-refractivity contribution in [2.24, 2.45) is 5.16 Å². The number of alkyl halides is 3. The van der Waals surface area contributed by atoms with Crippen LogP contribution in [0.4, 0.5) is 18.9 Å². The Hall–Kier alpha value is -2.32. The fourth-order valence-electron chi connectivity index (χ4n) is 1.28. The van der Waals surface area contributed by atoms with Crippen molar-refractivity contribution in [3.05, 3.63) is 33.9 Å². The molecule has 0 bridgehead atoms. The maximum Gasteiger partial charge on any atom is 0.420 e. The summed E-state index contributed by atoms with van der Waals surface area (Å²) in [5, 5.41) is 13.8. The summed E-state index contributed by atoms with van der Waals surface area (Å²) >= 11 is 0. The molecule has 0 aliphatic rings. The number of hydrogen-bond acceptors (Lipinski definition) is 5. The van der Waals surface area contributed by atoms with Gasteiger partial charge < -0.3 is 9.57 Å². The van der Waals surface area contributed by atoms with E-state index in [-0.39, 0.29) is 12.5 Å². The molecule has 0 aromatic heterocycles. The van der Waals surface area contributed by atoms with Crippen molar-refractivity contribution in [1.29, 1.82) is 0 Å². The normalized spacial score (nSPS) is 12.2. The van der Waals surface area contributed by atoms with Crippen LogP contribution in [0.1, 0.15) is 19.4 Å². The molecular weight excluding hydrogens is 281 g/mol. The second-order valence-electron chi connectivity index (χ2n) is 3.57. The molecular formula is C11H11F3N2O4. The van der Waals surface area contributed by atoms with Crippen LogP contribution >= 0.6 is 0 Å². The average Bonchev–Trinajstić information content (AvgIpc) is 2.35. The Bertz CT molecular complexity index is 529. The third-order valence-electron chi connectivity index (χ3n) is 2.11. The lowest BCUT2D eigenvalue weighted by Gasteiger charge is -2.10. The van der Waals surface area contributed by atoms with E-state index >= 15 is 0 Å². The van der Waals surface area contributed by atoms with E-state index in [4.69, 9.17) is 4.74 Å². The molecule has 0 amide bonds. The number of benzene rings is 1. The summed E-state index contributed by atoms with van der Waals surface area (Å²) in [6.45, 7) is 3.36. The van der Waals surface area contributed by atoms with Crippen LogP contribution in [-0.4, -0.2) is 17.4 Å². The second-order valence-corrected chi connectivity index (χ2v) is 3.57. The maximum absolute atomic E-state index is 12.8. The minimum atomic E-state index is -4.80. The predicted octanol–water partition coefficient (Wildman–Crippen LogP) is 3.36. The van der Waals surface area contributed by atoms with E-state index in [1.807, 2.05) is 0 Å². The van der Waals surface area contributed by atoms with Crippen LogP contribution in [0.25, 0.3) is 0 Å². The molecule has 0 saturated carbocycles. The quantitative estimate of drug-likeness (QED) is 0.369. The van der Waals surface area contributed by atoms with Crippen molar-refractivity contribution in [2.75, 3.05) is 6.61 Å². The van der Waals surface area contributed by atoms with Crippen LogP contribution in [0.15, 0.2) is 23.4 Å². The van der Waals surface area contributed by atoms with E-state index < -0.39 is 28.1 Å². The predicted molar refractivity (Wildman–Crippen MR) is 63.5 cm³/mol. The van der Waals surface area contributed by atoms with E-state index in [0.29, 0.717) is 6.07 Å². The van der Waals surface area contributed by atoms with Crippen molar-refractivity contribution in [3.63, 3.8) is 0 Å². The smallest absolute Gasteiger partial charge is 0.420 e. The Morgan fingerprint density at radius 1 is 1.45 bits per heavy atom. The minimum Gasteiger partial charge on any atom is -0.479 e. The number of rotatable bonds is 4. The van der Waals surface area contributed by atoms with Crippen molar-refractivity contribution in [1.82, 2.24) is 0 Å². The average molecular weight is 292 g/mol. The van der Waals surface area contributed by atoms with Crippen molar-refractivity contribution < 1.29 is 27.7 Å². The van der Waals surface area contributed by atoms with Gasteiger partial charge in [-0.05, 0) is 18.1 Å². The fraction of sp³-hybridized carbons (Fsp3) is 0.364. The van der Waals surface area contributed by atoms with Gasteiger partial charge in [-0.2, -0.15) is 13.2 Å². The zero-order chi connectivity index (χ0) is 15.3. The molecule has 110 valence electrons. The van der Waals surface area contributed by atoms with Crippen LogP contribution < -0.4 is 4.84 Å². The first-order valence-electron chi connectivity index (χ1n) is 5.45. The van der Waals surface area contributed by atoms with Gasteiger partial charge in [-0.3, -0.25) is 10.1 Å². The number of non-ortho nitro benzene ring substituents is 1. The number of nitro benzene ring substituents is 1. The maximum atomic E-state index is 12.8. The van der Waals surface area contributed by atoms with Crippen molar-refractivity contribution >= 4 is 11.6 Å². The van der Waals surface area contributed by atoms with Gasteiger partial charge in [0.1, 0.15) is 5.56 Å². The zero-order valence-corrected chi connectivity index (χ0v) is 10.6. The Morgan fingerprint density at radius 3 is 2.60 bits per heavy atom. The summed E-state index contributed by atoms with van der Waals surface area (Å²) in [5.74, 6) is -0.596. The Labute approximate surface area is 111 Å². The van der Waals surface area contributed by atoms with Gasteiger partial charge in [0.25, 0.3) is 5.69 Å². The number of nitro groups is 1. The molecule has 0 N–H and O–H groups in total. The molecule has 1 rings (SSSR count). The van der Waals surface area contributed by atoms with Crippen LogP contribution in [0.3, 0.4) is 0 Å². The summed E-state index contributed by atoms with van der Waals surface area (Å²) in [5.41, 5.74) is -1.96. The standard InChI is InChI=1S/C11H11F3N2O4/c1-3-19-7(2)15-20-10-5-4-8(16(17)18)6-9(10)11(12,13)14/h4-6H,3H2,1-2H3/b15-7-. The number of ether oxygens (including phenoxy) is 1. The summed E-state index contributed by atoms with van der Waals surface area (Å²) in [6.07, 6.45) is -4.80. The summed E-state index contributed by atoms with van der Waals surface area (Å²) in [6, 6.07) is 2.13. The molecule has 0 aliphatic carbocycles. The SMILES string of the molecule is CCO/C(C)=N\Oc1ccc([N+](=O)[O-])cc1C(F)(F)F. The number of nitrogens with zero attached hydrogens (tertiary/aromatic N) is 2. The first-order chi connectivity index (χ1) is 9.25. The van der Waals surface area contributed by atoms with Crippen LogP contribution in [-0.2, 0) is 10.9 Å². The van der Waals surface area contributed by atoms with E-state index in [1.165, 1.54) is 6.92 Å². The number of halogens is 3. The molecule has 6 nitrogen and oxygen atoms in total. The third-order valence-corrected chi connectivity index (χ3v) is 2.11. The van der Waals surface area contributed by atoms with Gasteiger partial charge in [-0.15, -0.1) is 0 Å². The van der Waals surface area contributed by atoms with E-state index in [2.05, 4.69) is 9.99 Å². The monoisotopic (exact) mass is 292 g/mol. The van der Waals surface area contributed by atoms with Gasteiger partial charge in [0.2, 0.25) is 5.90 Å². The molecule has 0 fully saturated rings. The molecule has 0 heterocycles. The second kappa shape index (κ2) is 6.22. The zero-order valence-electron chi connectivity index (χ0n) is 10.6. The van der Waals surface area contributed by atoms with Gasteiger partial charge >= 0.3 is 6.18 Å². The molecule has 0 aliphatic heterocycles. The van der Waals surface area contributed by atoms with Crippen molar-refractivity contribution in [2.45, 2.75) is 20.0 Å². The Balaban J connectivity index is 3.13. The molecule has 9 heteroatoms. The van der Waals surface area contributed by atoms with E-state index in [1.54, 1.807) is 6.92 Å². The highest BCUT2D eigenvalue weighted by Crippen LogP contribution is 2.38. The molecule has 0 spiro atoms. The summed E-state index contributed by atoms with van der Waals surface area (Å²) < 4.78 is 43.2. The third kappa shape index (κ3) is 4.11. The molecule has 1 aromatic carbocycles. The molecule has 1 aromatic rings. The van der Waals surface area contributed by atoms with Gasteiger partial charge in [-0.1, -0.05) is 0 Å². The van der Waals surface area contributed by atoms with Gasteiger partial charge in [0.05, 0.1) is 11.5 Å². The molecule has 0 atom stereocenters. The van der Waals surface area contributed by atoms with Gasteiger partial charge in [0.15, 0.2) is 5.75 Å². The number of oxime groups is 1. The first-order valence-corrected chi connectivity index (χ1v) is 5.45. The summed E-state index contributed by atoms with van der Waals surface area (Å²) in [7, 11) is 0. The molecule has 0 radical (unpaired) electrons.